The summed E-state index contributed by atoms with van der Waals surface area (Å²) in [5.74, 6) is -4.29. The molecule has 0 fully saturated rings. The minimum absolute atomic E-state index is 0.0152. The van der Waals surface area contributed by atoms with Crippen LogP contribution < -0.4 is 33.2 Å². The van der Waals surface area contributed by atoms with Gasteiger partial charge in [-0.15, -0.1) is 0 Å². The van der Waals surface area contributed by atoms with E-state index in [9.17, 15) is 39.3 Å². The zero-order chi connectivity index (χ0) is 37.4. The molecule has 0 unspecified atom stereocenters. The molecule has 0 bridgehead atoms. The molecule has 1 aromatic carbocycles. The first-order valence-electron chi connectivity index (χ1n) is 17.3. The number of hydrogen-bond donors (Lipinski definition) is 9. The highest BCUT2D eigenvalue weighted by molar-refractivity contribution is 5.95. The fourth-order valence-electron chi connectivity index (χ4n) is 5.82. The van der Waals surface area contributed by atoms with E-state index in [0.717, 1.165) is 25.7 Å². The van der Waals surface area contributed by atoms with E-state index in [1.54, 1.807) is 12.1 Å². The van der Waals surface area contributed by atoms with Crippen LogP contribution in [-0.2, 0) is 30.3 Å². The lowest BCUT2D eigenvalue weighted by molar-refractivity contribution is -0.140. The van der Waals surface area contributed by atoms with Crippen LogP contribution in [0.2, 0.25) is 0 Å². The van der Waals surface area contributed by atoms with E-state index in [2.05, 4.69) is 27.9 Å². The minimum Gasteiger partial charge on any atom is -0.507 e. The first-order valence-corrected chi connectivity index (χ1v) is 17.3. The van der Waals surface area contributed by atoms with Gasteiger partial charge in [0.15, 0.2) is 12.1 Å². The second-order valence-corrected chi connectivity index (χ2v) is 13.2. The smallest absolute Gasteiger partial charge is 0.342 e. The summed E-state index contributed by atoms with van der Waals surface area (Å²) in [4.78, 5) is 67.9. The van der Waals surface area contributed by atoms with Crippen LogP contribution in [0.15, 0.2) is 23.2 Å². The summed E-state index contributed by atoms with van der Waals surface area (Å²) >= 11 is 0. The van der Waals surface area contributed by atoms with Crippen LogP contribution in [0, 0.1) is 5.92 Å². The van der Waals surface area contributed by atoms with Gasteiger partial charge < -0.3 is 53.2 Å². The maximum Gasteiger partial charge on any atom is 0.342 e. The number of fused-ring (bicyclic) bond motifs is 1. The Labute approximate surface area is 293 Å². The summed E-state index contributed by atoms with van der Waals surface area (Å²) in [5.41, 5.74) is 16.7. The number of carbonyl (C=O) groups is 5. The zero-order valence-corrected chi connectivity index (χ0v) is 29.2. The van der Waals surface area contributed by atoms with Gasteiger partial charge in [-0.2, -0.15) is 0 Å². The van der Waals surface area contributed by atoms with Gasteiger partial charge in [0.1, 0.15) is 29.6 Å². The molecule has 16 heteroatoms. The number of aliphatic imine (C=N–C) groups is 1. The Hall–Kier alpha value is -4.44. The SMILES string of the molecule is CCCCCCCC(=O)N[C@H](CC(N)=O)C(=O)N[C@@H](CCCN=C(N)N)[C@H](O)[C@H](O)C(=O)N[C@@H](CC(C)C)[C@@H]1Cc2cccc(O)c2C(=O)O1. The van der Waals surface area contributed by atoms with Crippen LogP contribution in [0.25, 0.3) is 0 Å². The molecule has 4 amide bonds. The van der Waals surface area contributed by atoms with Crippen molar-refractivity contribution in [1.82, 2.24) is 16.0 Å². The molecular formula is C34H55N7O9. The van der Waals surface area contributed by atoms with E-state index in [1.807, 2.05) is 13.8 Å². The van der Waals surface area contributed by atoms with Gasteiger partial charge in [-0.25, -0.2) is 4.79 Å². The summed E-state index contributed by atoms with van der Waals surface area (Å²) in [5, 5.41) is 40.2. The number of aromatic hydroxyl groups is 1. The van der Waals surface area contributed by atoms with Crippen molar-refractivity contribution in [2.75, 3.05) is 6.54 Å². The Kier molecular flexibility index (Phi) is 17.5. The van der Waals surface area contributed by atoms with E-state index in [-0.39, 0.29) is 55.4 Å². The molecule has 280 valence electrons. The molecule has 12 N–H and O–H groups in total. The maximum absolute atomic E-state index is 13.4. The van der Waals surface area contributed by atoms with Crippen molar-refractivity contribution >= 4 is 35.6 Å². The number of rotatable bonds is 22. The standard InChI is InChI=1S/C34H55N7O9/c1-4-5-6-7-8-14-27(44)39-23(18-26(35)43)31(47)40-21(12-10-15-38-34(36)37)29(45)30(46)32(48)41-22(16-19(2)3)25-17-20-11-9-13-24(42)28(20)33(49)50-25/h9,11,13,19,21-23,25,29-30,42,45-46H,4-8,10,12,14-18H2,1-3H3,(H2,35,43)(H,39,44)(H,40,47)(H,41,48)(H4,36,37,38)/t21-,22-,23+,25-,29-,30-/m0/s1. The molecule has 0 aliphatic carbocycles. The van der Waals surface area contributed by atoms with Crippen molar-refractivity contribution in [3.63, 3.8) is 0 Å². The number of hydrogen-bond acceptors (Lipinski definition) is 10. The summed E-state index contributed by atoms with van der Waals surface area (Å²) in [6, 6.07) is 1.23. The van der Waals surface area contributed by atoms with Gasteiger partial charge >= 0.3 is 5.97 Å². The summed E-state index contributed by atoms with van der Waals surface area (Å²) in [6.07, 6.45) is 0.0170. The van der Waals surface area contributed by atoms with E-state index >= 15 is 0 Å². The monoisotopic (exact) mass is 705 g/mol. The van der Waals surface area contributed by atoms with Gasteiger partial charge in [-0.05, 0) is 43.2 Å². The molecule has 6 atom stereocenters. The molecule has 1 aliphatic rings. The molecule has 1 heterocycles. The lowest BCUT2D eigenvalue weighted by Crippen LogP contribution is -2.59. The first-order chi connectivity index (χ1) is 23.6. The number of ether oxygens (including phenoxy) is 1. The normalized spacial score (nSPS) is 16.9. The Morgan fingerprint density at radius 3 is 2.32 bits per heavy atom. The molecule has 0 aromatic heterocycles. The maximum atomic E-state index is 13.4. The number of cyclic esters (lactones) is 1. The molecule has 0 radical (unpaired) electrons. The second kappa shape index (κ2) is 20.9. The van der Waals surface area contributed by atoms with Crippen LogP contribution in [0.3, 0.4) is 0 Å². The number of nitrogens with zero attached hydrogens (tertiary/aromatic N) is 1. The lowest BCUT2D eigenvalue weighted by atomic mass is 9.90. The molecule has 0 saturated carbocycles. The van der Waals surface area contributed by atoms with Crippen molar-refractivity contribution in [1.29, 1.82) is 0 Å². The van der Waals surface area contributed by atoms with Gasteiger partial charge in [-0.3, -0.25) is 24.2 Å². The molecule has 0 spiro atoms. The van der Waals surface area contributed by atoms with Crippen molar-refractivity contribution in [2.45, 2.75) is 128 Å². The number of primary amides is 1. The average molecular weight is 706 g/mol. The van der Waals surface area contributed by atoms with E-state index in [0.29, 0.717) is 18.4 Å². The number of guanidine groups is 1. The fraction of sp³-hybridized carbons (Fsp3) is 0.647. The predicted octanol–water partition coefficient (Wildman–Crippen LogP) is -0.0145. The molecule has 50 heavy (non-hydrogen) atoms. The Balaban J connectivity index is 2.21. The van der Waals surface area contributed by atoms with Crippen molar-refractivity contribution < 1.29 is 44.0 Å². The summed E-state index contributed by atoms with van der Waals surface area (Å²) in [6.45, 7) is 5.96. The number of nitrogens with two attached hydrogens (primary N) is 3. The molecule has 1 aromatic rings. The van der Waals surface area contributed by atoms with Gasteiger partial charge in [0.25, 0.3) is 5.91 Å². The number of amides is 4. The summed E-state index contributed by atoms with van der Waals surface area (Å²) < 4.78 is 5.59. The highest BCUT2D eigenvalue weighted by Crippen LogP contribution is 2.30. The number of benzene rings is 1. The van der Waals surface area contributed by atoms with E-state index < -0.39 is 72.5 Å². The first kappa shape index (κ1) is 41.7. The second-order valence-electron chi connectivity index (χ2n) is 13.2. The Bertz CT molecular complexity index is 1340. The van der Waals surface area contributed by atoms with E-state index in [1.165, 1.54) is 6.07 Å². The lowest BCUT2D eigenvalue weighted by Gasteiger charge is -2.34. The number of aliphatic hydroxyl groups is 2. The minimum atomic E-state index is -2.07. The number of nitrogens with one attached hydrogen (secondary N) is 3. The van der Waals surface area contributed by atoms with Crippen molar-refractivity contribution in [2.24, 2.45) is 28.1 Å². The zero-order valence-electron chi connectivity index (χ0n) is 29.2. The Morgan fingerprint density at radius 2 is 1.68 bits per heavy atom. The number of unbranched alkanes of at least 4 members (excludes halogenated alkanes) is 4. The largest absolute Gasteiger partial charge is 0.507 e. The third-order valence-electron chi connectivity index (χ3n) is 8.38. The molecule has 16 nitrogen and oxygen atoms in total. The molecular weight excluding hydrogens is 650 g/mol. The van der Waals surface area contributed by atoms with Gasteiger partial charge in [0.05, 0.1) is 18.5 Å². The predicted molar refractivity (Wildman–Crippen MR) is 185 cm³/mol. The summed E-state index contributed by atoms with van der Waals surface area (Å²) in [7, 11) is 0. The third kappa shape index (κ3) is 13.8. The number of carbonyl (C=O) groups excluding carboxylic acids is 5. The van der Waals surface area contributed by atoms with Gasteiger partial charge in [-0.1, -0.05) is 58.6 Å². The van der Waals surface area contributed by atoms with E-state index in [4.69, 9.17) is 21.9 Å². The van der Waals surface area contributed by atoms with Crippen LogP contribution in [0.4, 0.5) is 0 Å². The third-order valence-corrected chi connectivity index (χ3v) is 8.38. The van der Waals surface area contributed by atoms with Crippen LogP contribution in [0.1, 0.15) is 101 Å². The van der Waals surface area contributed by atoms with Crippen LogP contribution in [-0.4, -0.2) is 93.9 Å². The number of phenols is 1. The van der Waals surface area contributed by atoms with Crippen molar-refractivity contribution in [3.8, 4) is 5.75 Å². The fourth-order valence-corrected chi connectivity index (χ4v) is 5.82. The number of phenolic OH excluding ortho intramolecular Hbond substituents is 1. The molecule has 0 saturated heterocycles. The van der Waals surface area contributed by atoms with Crippen LogP contribution in [0.5, 0.6) is 5.75 Å². The van der Waals surface area contributed by atoms with Gasteiger partial charge in [0.2, 0.25) is 17.7 Å². The average Bonchev–Trinajstić information content (AvgIpc) is 3.03. The number of aliphatic hydroxyl groups excluding tert-OH is 2. The van der Waals surface area contributed by atoms with Crippen LogP contribution >= 0.6 is 0 Å². The molecule has 2 rings (SSSR count). The highest BCUT2D eigenvalue weighted by atomic mass is 16.5. The quantitative estimate of drug-likeness (QED) is 0.0335. The van der Waals surface area contributed by atoms with Gasteiger partial charge in [0, 0.05) is 19.4 Å². The van der Waals surface area contributed by atoms with Crippen molar-refractivity contribution in [3.05, 3.63) is 29.3 Å². The topological polar surface area (TPSA) is 282 Å². The Morgan fingerprint density at radius 1 is 0.980 bits per heavy atom. The highest BCUT2D eigenvalue weighted by Gasteiger charge is 2.39. The molecule has 1 aliphatic heterocycles. The number of esters is 1.